The lowest BCUT2D eigenvalue weighted by Crippen LogP contribution is -2.42. The van der Waals surface area contributed by atoms with Gasteiger partial charge in [0.1, 0.15) is 0 Å². The van der Waals surface area contributed by atoms with E-state index >= 15 is 0 Å². The highest BCUT2D eigenvalue weighted by Crippen LogP contribution is 2.11. The predicted octanol–water partition coefficient (Wildman–Crippen LogP) is 2.99. The zero-order chi connectivity index (χ0) is 17.0. The Bertz CT molecular complexity index is 504. The van der Waals surface area contributed by atoms with Crippen molar-refractivity contribution in [3.05, 3.63) is 35.4 Å². The van der Waals surface area contributed by atoms with Gasteiger partial charge in [-0.3, -0.25) is 0 Å². The Hall–Kier alpha value is -0.860. The summed E-state index contributed by atoms with van der Waals surface area (Å²) in [4.78, 5) is 7.27. The van der Waals surface area contributed by atoms with Gasteiger partial charge in [0.05, 0.1) is 13.2 Å². The van der Waals surface area contributed by atoms with Crippen LogP contribution in [0.2, 0.25) is 0 Å². The number of hydrogen-bond acceptors (Lipinski definition) is 3. The lowest BCUT2D eigenvalue weighted by Gasteiger charge is -2.26. The van der Waals surface area contributed by atoms with Crippen LogP contribution in [0.15, 0.2) is 29.3 Å². The molecule has 0 aromatic heterocycles. The summed E-state index contributed by atoms with van der Waals surface area (Å²) in [6.07, 6.45) is 4.06. The Morgan fingerprint density at radius 3 is 2.52 bits per heavy atom. The van der Waals surface area contributed by atoms with Crippen molar-refractivity contribution in [1.82, 2.24) is 15.5 Å². The van der Waals surface area contributed by atoms with Crippen LogP contribution in [-0.4, -0.2) is 50.7 Å². The molecule has 0 bridgehead atoms. The number of ether oxygens (including phenoxy) is 1. The zero-order valence-electron chi connectivity index (χ0n) is 15.6. The molecule has 0 saturated carbocycles. The molecule has 0 radical (unpaired) electrons. The standard InChI is InChI=1S/C19H32N4O.HI/c1-3-20-19(21-11-14-23-12-7-4-8-13-23)22-15-17-9-5-6-10-18(17)16-24-2;/h5-6,9-10H,3-4,7-8,11-16H2,1-2H3,(H2,20,21,22);1H. The minimum absolute atomic E-state index is 0. The molecule has 1 heterocycles. The van der Waals surface area contributed by atoms with Crippen LogP contribution in [0.5, 0.6) is 0 Å². The summed E-state index contributed by atoms with van der Waals surface area (Å²) in [6.45, 7) is 8.76. The third-order valence-corrected chi connectivity index (χ3v) is 4.34. The van der Waals surface area contributed by atoms with E-state index in [9.17, 15) is 0 Å². The molecule has 2 rings (SSSR count). The van der Waals surface area contributed by atoms with E-state index in [1.54, 1.807) is 7.11 Å². The van der Waals surface area contributed by atoms with Crippen LogP contribution >= 0.6 is 24.0 Å². The first-order valence-corrected chi connectivity index (χ1v) is 9.13. The van der Waals surface area contributed by atoms with E-state index < -0.39 is 0 Å². The van der Waals surface area contributed by atoms with Crippen molar-refractivity contribution in [2.45, 2.75) is 39.3 Å². The third-order valence-electron chi connectivity index (χ3n) is 4.34. The maximum Gasteiger partial charge on any atom is 0.191 e. The summed E-state index contributed by atoms with van der Waals surface area (Å²) >= 11 is 0. The molecule has 1 aromatic carbocycles. The minimum Gasteiger partial charge on any atom is -0.380 e. The molecule has 0 aliphatic carbocycles. The molecule has 1 saturated heterocycles. The summed E-state index contributed by atoms with van der Waals surface area (Å²) in [5.74, 6) is 0.890. The minimum atomic E-state index is 0. The van der Waals surface area contributed by atoms with Gasteiger partial charge in [-0.1, -0.05) is 30.7 Å². The first-order chi connectivity index (χ1) is 11.8. The van der Waals surface area contributed by atoms with E-state index in [-0.39, 0.29) is 24.0 Å². The van der Waals surface area contributed by atoms with Crippen molar-refractivity contribution in [1.29, 1.82) is 0 Å². The van der Waals surface area contributed by atoms with Gasteiger partial charge in [0.25, 0.3) is 0 Å². The molecule has 25 heavy (non-hydrogen) atoms. The molecule has 0 spiro atoms. The van der Waals surface area contributed by atoms with E-state index in [2.05, 4.69) is 40.7 Å². The maximum atomic E-state index is 5.27. The first kappa shape index (κ1) is 22.2. The summed E-state index contributed by atoms with van der Waals surface area (Å²) in [5, 5.41) is 6.79. The van der Waals surface area contributed by atoms with Gasteiger partial charge in [0, 0.05) is 26.7 Å². The Labute approximate surface area is 169 Å². The molecular weight excluding hydrogens is 427 g/mol. The number of nitrogens with one attached hydrogen (secondary N) is 2. The number of hydrogen-bond donors (Lipinski definition) is 2. The van der Waals surface area contributed by atoms with E-state index in [0.717, 1.165) is 25.6 Å². The lowest BCUT2D eigenvalue weighted by molar-refractivity contribution is 0.184. The van der Waals surface area contributed by atoms with E-state index in [1.165, 1.54) is 43.5 Å². The second-order valence-electron chi connectivity index (χ2n) is 6.23. The number of aliphatic imine (C=N–C) groups is 1. The van der Waals surface area contributed by atoms with Gasteiger partial charge < -0.3 is 20.3 Å². The number of rotatable bonds is 8. The molecule has 0 amide bonds. The average Bonchev–Trinajstić information content (AvgIpc) is 2.62. The highest BCUT2D eigenvalue weighted by atomic mass is 127. The zero-order valence-corrected chi connectivity index (χ0v) is 17.9. The quantitative estimate of drug-likeness (QED) is 0.356. The Morgan fingerprint density at radius 1 is 1.12 bits per heavy atom. The molecule has 1 aliphatic rings. The van der Waals surface area contributed by atoms with Crippen molar-refractivity contribution in [3.63, 3.8) is 0 Å². The molecule has 1 fully saturated rings. The fraction of sp³-hybridized carbons (Fsp3) is 0.632. The van der Waals surface area contributed by atoms with Gasteiger partial charge in [0.2, 0.25) is 0 Å². The van der Waals surface area contributed by atoms with E-state index in [4.69, 9.17) is 9.73 Å². The number of nitrogens with zero attached hydrogens (tertiary/aromatic N) is 2. The number of guanidine groups is 1. The van der Waals surface area contributed by atoms with Crippen molar-refractivity contribution < 1.29 is 4.74 Å². The van der Waals surface area contributed by atoms with E-state index in [1.807, 2.05) is 6.07 Å². The van der Waals surface area contributed by atoms with Gasteiger partial charge >= 0.3 is 0 Å². The van der Waals surface area contributed by atoms with Crippen LogP contribution in [0.25, 0.3) is 0 Å². The van der Waals surface area contributed by atoms with Gasteiger partial charge in [-0.2, -0.15) is 0 Å². The Kier molecular flexibility index (Phi) is 11.9. The average molecular weight is 460 g/mol. The summed E-state index contributed by atoms with van der Waals surface area (Å²) in [6, 6.07) is 8.32. The van der Waals surface area contributed by atoms with Crippen LogP contribution in [0.1, 0.15) is 37.3 Å². The van der Waals surface area contributed by atoms with Gasteiger partial charge in [-0.15, -0.1) is 24.0 Å². The Morgan fingerprint density at radius 2 is 1.84 bits per heavy atom. The van der Waals surface area contributed by atoms with E-state index in [0.29, 0.717) is 13.2 Å². The number of likely N-dealkylation sites (tertiary alicyclic amines) is 1. The fourth-order valence-electron chi connectivity index (χ4n) is 3.03. The summed E-state index contributed by atoms with van der Waals surface area (Å²) in [5.41, 5.74) is 2.42. The van der Waals surface area contributed by atoms with Crippen molar-refractivity contribution in [3.8, 4) is 0 Å². The summed E-state index contributed by atoms with van der Waals surface area (Å²) < 4.78 is 5.27. The van der Waals surface area contributed by atoms with Gasteiger partial charge in [-0.05, 0) is 44.0 Å². The Balaban J connectivity index is 0.00000312. The summed E-state index contributed by atoms with van der Waals surface area (Å²) in [7, 11) is 1.73. The largest absolute Gasteiger partial charge is 0.380 e. The molecular formula is C19H33IN4O. The predicted molar refractivity (Wildman–Crippen MR) is 116 cm³/mol. The molecule has 2 N–H and O–H groups in total. The van der Waals surface area contributed by atoms with Crippen LogP contribution in [-0.2, 0) is 17.9 Å². The van der Waals surface area contributed by atoms with Gasteiger partial charge in [0.15, 0.2) is 5.96 Å². The van der Waals surface area contributed by atoms with Gasteiger partial charge in [-0.25, -0.2) is 4.99 Å². The third kappa shape index (κ3) is 8.37. The highest BCUT2D eigenvalue weighted by Gasteiger charge is 2.09. The van der Waals surface area contributed by atoms with Crippen LogP contribution in [0.3, 0.4) is 0 Å². The normalized spacial score (nSPS) is 15.5. The van der Waals surface area contributed by atoms with Crippen molar-refractivity contribution in [2.75, 3.05) is 39.8 Å². The highest BCUT2D eigenvalue weighted by molar-refractivity contribution is 14.0. The number of halogens is 1. The van der Waals surface area contributed by atoms with Crippen LogP contribution < -0.4 is 10.6 Å². The van der Waals surface area contributed by atoms with Crippen LogP contribution in [0, 0.1) is 0 Å². The number of piperidine rings is 1. The molecule has 1 aromatic rings. The number of benzene rings is 1. The second kappa shape index (κ2) is 13.4. The monoisotopic (exact) mass is 460 g/mol. The molecule has 1 aliphatic heterocycles. The molecule has 5 nitrogen and oxygen atoms in total. The topological polar surface area (TPSA) is 48.9 Å². The SMILES string of the molecule is CCNC(=NCc1ccccc1COC)NCCN1CCCCC1.I. The number of methoxy groups -OCH3 is 1. The first-order valence-electron chi connectivity index (χ1n) is 9.13. The molecule has 142 valence electrons. The van der Waals surface area contributed by atoms with Crippen molar-refractivity contribution in [2.24, 2.45) is 4.99 Å². The van der Waals surface area contributed by atoms with Crippen molar-refractivity contribution >= 4 is 29.9 Å². The molecule has 0 atom stereocenters. The second-order valence-corrected chi connectivity index (χ2v) is 6.23. The molecule has 0 unspecified atom stereocenters. The van der Waals surface area contributed by atoms with Crippen LogP contribution in [0.4, 0.5) is 0 Å². The lowest BCUT2D eigenvalue weighted by atomic mass is 10.1. The smallest absolute Gasteiger partial charge is 0.191 e. The fourth-order valence-corrected chi connectivity index (χ4v) is 3.03. The molecule has 6 heteroatoms. The maximum absolute atomic E-state index is 5.27.